The molecule has 0 atom stereocenters. The molecule has 4 nitrogen and oxygen atoms in total. The van der Waals surface area contributed by atoms with E-state index in [2.05, 4.69) is 156 Å². The van der Waals surface area contributed by atoms with Crippen LogP contribution in [0.25, 0.3) is 94.5 Å². The highest BCUT2D eigenvalue weighted by atomic mass is 16.3. The lowest BCUT2D eigenvalue weighted by atomic mass is 10.0. The number of hydrogen-bond donors (Lipinski definition) is 0. The highest BCUT2D eigenvalue weighted by molar-refractivity contribution is 6.09. The zero-order chi connectivity index (χ0) is 33.0. The van der Waals surface area contributed by atoms with Gasteiger partial charge in [-0.2, -0.15) is 0 Å². The first-order valence-corrected chi connectivity index (χ1v) is 16.8. The van der Waals surface area contributed by atoms with Gasteiger partial charge in [-0.25, -0.2) is 9.97 Å². The number of nitrogens with zero attached hydrogens (tertiary/aromatic N) is 3. The summed E-state index contributed by atoms with van der Waals surface area (Å²) in [5.41, 5.74) is 12.1. The third-order valence-electron chi connectivity index (χ3n) is 9.63. The average molecular weight is 640 g/mol. The van der Waals surface area contributed by atoms with Crippen molar-refractivity contribution in [2.24, 2.45) is 0 Å². The second-order valence-corrected chi connectivity index (χ2v) is 12.6. The van der Waals surface area contributed by atoms with E-state index in [9.17, 15) is 0 Å². The van der Waals surface area contributed by atoms with Gasteiger partial charge in [0, 0.05) is 43.9 Å². The van der Waals surface area contributed by atoms with Crippen LogP contribution in [0, 0.1) is 0 Å². The van der Waals surface area contributed by atoms with Gasteiger partial charge >= 0.3 is 0 Å². The van der Waals surface area contributed by atoms with Crippen molar-refractivity contribution in [1.29, 1.82) is 0 Å². The predicted molar refractivity (Wildman–Crippen MR) is 205 cm³/mol. The summed E-state index contributed by atoms with van der Waals surface area (Å²) in [4.78, 5) is 10.4. The monoisotopic (exact) mass is 639 g/mol. The topological polar surface area (TPSA) is 43.9 Å². The molecule has 10 aromatic rings. The van der Waals surface area contributed by atoms with Crippen LogP contribution >= 0.6 is 0 Å². The van der Waals surface area contributed by atoms with Gasteiger partial charge in [-0.05, 0) is 59.7 Å². The number of fused-ring (bicyclic) bond motifs is 6. The average Bonchev–Trinajstić information content (AvgIpc) is 3.74. The maximum Gasteiger partial charge on any atom is 0.160 e. The summed E-state index contributed by atoms with van der Waals surface area (Å²) >= 11 is 0. The number of para-hydroxylation sites is 3. The Morgan fingerprint density at radius 3 is 1.68 bits per heavy atom. The molecule has 0 radical (unpaired) electrons. The molecule has 0 fully saturated rings. The Hall–Kier alpha value is -6.78. The van der Waals surface area contributed by atoms with Crippen LogP contribution in [-0.2, 0) is 0 Å². The van der Waals surface area contributed by atoms with Crippen molar-refractivity contribution < 1.29 is 4.42 Å². The van der Waals surface area contributed by atoms with Crippen LogP contribution in [0.3, 0.4) is 0 Å². The molecule has 0 saturated carbocycles. The number of furan rings is 1. The van der Waals surface area contributed by atoms with Gasteiger partial charge in [0.1, 0.15) is 11.2 Å². The molecule has 0 aliphatic rings. The minimum atomic E-state index is 0.647. The largest absolute Gasteiger partial charge is 0.456 e. The van der Waals surface area contributed by atoms with Gasteiger partial charge in [-0.15, -0.1) is 0 Å². The van der Waals surface area contributed by atoms with Gasteiger partial charge < -0.3 is 8.98 Å². The maximum atomic E-state index is 6.27. The van der Waals surface area contributed by atoms with Crippen molar-refractivity contribution in [2.75, 3.05) is 0 Å². The SMILES string of the molecule is c1ccc(-c2ccc(-c3cc(-c4cccc(-n5c6ccccc6c6ccccc65)c4)nc(-c4ccc5c(c4)oc4ccccc45)n3)cc2)cc1. The summed E-state index contributed by atoms with van der Waals surface area (Å²) in [6.07, 6.45) is 0. The molecule has 0 aliphatic heterocycles. The number of hydrogen-bond acceptors (Lipinski definition) is 3. The van der Waals surface area contributed by atoms with E-state index in [1.54, 1.807) is 0 Å². The second kappa shape index (κ2) is 11.4. The lowest BCUT2D eigenvalue weighted by Gasteiger charge is -2.12. The van der Waals surface area contributed by atoms with Gasteiger partial charge in [-0.1, -0.05) is 127 Å². The Morgan fingerprint density at radius 2 is 0.920 bits per heavy atom. The Labute approximate surface area is 288 Å². The van der Waals surface area contributed by atoms with E-state index < -0.39 is 0 Å². The van der Waals surface area contributed by atoms with Gasteiger partial charge in [0.25, 0.3) is 0 Å². The smallest absolute Gasteiger partial charge is 0.160 e. The fourth-order valence-electron chi connectivity index (χ4n) is 7.21. The van der Waals surface area contributed by atoms with Gasteiger partial charge in [-0.3, -0.25) is 0 Å². The van der Waals surface area contributed by atoms with Crippen LogP contribution in [0.4, 0.5) is 0 Å². The zero-order valence-corrected chi connectivity index (χ0v) is 27.0. The highest BCUT2D eigenvalue weighted by Gasteiger charge is 2.16. The summed E-state index contributed by atoms with van der Waals surface area (Å²) in [6.45, 7) is 0. The van der Waals surface area contributed by atoms with Crippen LogP contribution < -0.4 is 0 Å². The van der Waals surface area contributed by atoms with Crippen molar-refractivity contribution in [3.05, 3.63) is 176 Å². The first-order chi connectivity index (χ1) is 24.8. The van der Waals surface area contributed by atoms with Crippen molar-refractivity contribution in [3.63, 3.8) is 0 Å². The first kappa shape index (κ1) is 28.3. The third-order valence-corrected chi connectivity index (χ3v) is 9.63. The highest BCUT2D eigenvalue weighted by Crippen LogP contribution is 2.36. The molecule has 7 aromatic carbocycles. The molecule has 4 heteroatoms. The summed E-state index contributed by atoms with van der Waals surface area (Å²) in [6, 6.07) is 61.4. The fraction of sp³-hybridized carbons (Fsp3) is 0. The molecule has 50 heavy (non-hydrogen) atoms. The van der Waals surface area contributed by atoms with Crippen LogP contribution in [0.5, 0.6) is 0 Å². The molecule has 0 N–H and O–H groups in total. The summed E-state index contributed by atoms with van der Waals surface area (Å²) in [5, 5.41) is 4.65. The molecule has 0 saturated heterocycles. The Bertz CT molecular complexity index is 2810. The molecule has 3 heterocycles. The molecular formula is C46H29N3O. The van der Waals surface area contributed by atoms with Crippen LogP contribution in [0.2, 0.25) is 0 Å². The van der Waals surface area contributed by atoms with Gasteiger partial charge in [0.2, 0.25) is 0 Å². The van der Waals surface area contributed by atoms with Crippen molar-refractivity contribution in [2.45, 2.75) is 0 Å². The summed E-state index contributed by atoms with van der Waals surface area (Å²) in [7, 11) is 0. The molecule has 0 spiro atoms. The Morgan fingerprint density at radius 1 is 0.360 bits per heavy atom. The van der Waals surface area contributed by atoms with Crippen LogP contribution in [-0.4, -0.2) is 14.5 Å². The van der Waals surface area contributed by atoms with Crippen molar-refractivity contribution >= 4 is 43.7 Å². The maximum absolute atomic E-state index is 6.27. The number of aromatic nitrogens is 3. The number of rotatable bonds is 5. The Balaban J connectivity index is 1.14. The standard InChI is InChI=1S/C46H29N3O/c1-2-11-30(12-3-1)31-21-23-32(24-22-31)40-29-41(48-46(47-40)34-25-26-39-38-17-6-9-20-44(38)50-45(39)28-34)33-13-10-14-35(27-33)49-42-18-7-4-15-36(42)37-16-5-8-19-43(37)49/h1-29H. The molecule has 0 aliphatic carbocycles. The van der Waals surface area contributed by atoms with Gasteiger partial charge in [0.05, 0.1) is 22.4 Å². The van der Waals surface area contributed by atoms with Gasteiger partial charge in [0.15, 0.2) is 5.82 Å². The molecular weight excluding hydrogens is 611 g/mol. The lowest BCUT2D eigenvalue weighted by Crippen LogP contribution is -1.98. The minimum absolute atomic E-state index is 0.647. The molecule has 10 rings (SSSR count). The molecule has 3 aromatic heterocycles. The number of benzene rings is 7. The van der Waals surface area contributed by atoms with E-state index in [0.717, 1.165) is 61.3 Å². The molecule has 234 valence electrons. The van der Waals surface area contributed by atoms with E-state index in [4.69, 9.17) is 14.4 Å². The molecule has 0 bridgehead atoms. The third kappa shape index (κ3) is 4.69. The van der Waals surface area contributed by atoms with E-state index in [0.29, 0.717) is 5.82 Å². The van der Waals surface area contributed by atoms with Crippen LogP contribution in [0.15, 0.2) is 180 Å². The summed E-state index contributed by atoms with van der Waals surface area (Å²) in [5.74, 6) is 0.647. The normalized spacial score (nSPS) is 11.6. The van der Waals surface area contributed by atoms with E-state index in [1.807, 2.05) is 24.3 Å². The summed E-state index contributed by atoms with van der Waals surface area (Å²) < 4.78 is 8.61. The quantitative estimate of drug-likeness (QED) is 0.188. The van der Waals surface area contributed by atoms with E-state index >= 15 is 0 Å². The van der Waals surface area contributed by atoms with Crippen molar-refractivity contribution in [3.8, 4) is 50.7 Å². The minimum Gasteiger partial charge on any atom is -0.456 e. The molecule has 0 amide bonds. The van der Waals surface area contributed by atoms with Crippen molar-refractivity contribution in [1.82, 2.24) is 14.5 Å². The predicted octanol–water partition coefficient (Wildman–Crippen LogP) is 12.1. The van der Waals surface area contributed by atoms with E-state index in [-0.39, 0.29) is 0 Å². The zero-order valence-electron chi connectivity index (χ0n) is 27.0. The first-order valence-electron chi connectivity index (χ1n) is 16.8. The lowest BCUT2D eigenvalue weighted by molar-refractivity contribution is 0.669. The molecule has 0 unspecified atom stereocenters. The van der Waals surface area contributed by atoms with E-state index in [1.165, 1.54) is 27.4 Å². The fourth-order valence-corrected chi connectivity index (χ4v) is 7.21. The second-order valence-electron chi connectivity index (χ2n) is 12.6. The Kier molecular flexibility index (Phi) is 6.46. The van der Waals surface area contributed by atoms with Crippen LogP contribution in [0.1, 0.15) is 0 Å².